The zero-order valence-electron chi connectivity index (χ0n) is 15.7. The van der Waals surface area contributed by atoms with Crippen molar-refractivity contribution in [1.82, 2.24) is 20.4 Å². The van der Waals surface area contributed by atoms with Crippen LogP contribution in [0.4, 0.5) is 5.82 Å². The quantitative estimate of drug-likeness (QED) is 0.541. The molecule has 0 saturated carbocycles. The summed E-state index contributed by atoms with van der Waals surface area (Å²) in [6.45, 7) is 2.80. The van der Waals surface area contributed by atoms with E-state index in [1.165, 1.54) is 12.1 Å². The van der Waals surface area contributed by atoms with Gasteiger partial charge in [0.15, 0.2) is 5.82 Å². The fourth-order valence-electron chi connectivity index (χ4n) is 3.23. The molecule has 0 spiro atoms. The summed E-state index contributed by atoms with van der Waals surface area (Å²) >= 11 is 3.31. The summed E-state index contributed by atoms with van der Waals surface area (Å²) < 4.78 is 0.369. The predicted molar refractivity (Wildman–Crippen MR) is 110 cm³/mol. The van der Waals surface area contributed by atoms with Crippen LogP contribution in [0.15, 0.2) is 28.7 Å². The molecule has 1 saturated heterocycles. The Morgan fingerprint density at radius 2 is 2.00 bits per heavy atom. The number of hydrogen-bond acceptors (Lipinski definition) is 5. The largest absolute Gasteiger partial charge is 0.507 e. The maximum Gasteiger partial charge on any atom is 0.270 e. The number of para-hydroxylation sites is 1. The number of H-pyrrole nitrogens is 1. The van der Waals surface area contributed by atoms with Crippen LogP contribution in [0.3, 0.4) is 0 Å². The molecule has 8 nitrogen and oxygen atoms in total. The third kappa shape index (κ3) is 4.90. The fourth-order valence-corrected chi connectivity index (χ4v) is 3.69. The molecule has 0 atom stereocenters. The molecule has 1 aromatic carbocycles. The number of phenolic OH excluding ortho intramolecular Hbond substituents is 1. The van der Waals surface area contributed by atoms with Gasteiger partial charge >= 0.3 is 0 Å². The van der Waals surface area contributed by atoms with Gasteiger partial charge in [0.1, 0.15) is 11.4 Å². The SMILES string of the molecule is CN1CCC(CCNC(=O)c2[nH]nc(NC(=O)c3ccccc3O)c2Br)CC1. The van der Waals surface area contributed by atoms with Crippen LogP contribution in [0.5, 0.6) is 5.75 Å². The predicted octanol–water partition coefficient (Wildman–Crippen LogP) is 2.59. The van der Waals surface area contributed by atoms with Crippen LogP contribution in [0.25, 0.3) is 0 Å². The van der Waals surface area contributed by atoms with Crippen LogP contribution in [0.2, 0.25) is 0 Å². The van der Waals surface area contributed by atoms with Crippen molar-refractivity contribution in [2.24, 2.45) is 5.92 Å². The number of aromatic amines is 1. The Balaban J connectivity index is 1.54. The van der Waals surface area contributed by atoms with E-state index in [-0.39, 0.29) is 28.7 Å². The standard InChI is InChI=1S/C19H24BrN5O3/c1-25-10-7-12(8-11-25)6-9-21-19(28)16-15(20)17(24-23-16)22-18(27)13-4-2-3-5-14(13)26/h2-5,12,26H,6-11H2,1H3,(H,21,28)(H2,22,23,24,27). The lowest BCUT2D eigenvalue weighted by atomic mass is 9.94. The summed E-state index contributed by atoms with van der Waals surface area (Å²) in [7, 11) is 2.13. The van der Waals surface area contributed by atoms with Gasteiger partial charge in [0.2, 0.25) is 0 Å². The number of halogens is 1. The molecule has 2 aromatic rings. The first-order valence-electron chi connectivity index (χ1n) is 9.25. The van der Waals surface area contributed by atoms with E-state index in [0.29, 0.717) is 16.9 Å². The van der Waals surface area contributed by atoms with Gasteiger partial charge in [0, 0.05) is 6.54 Å². The fraction of sp³-hybridized carbons (Fsp3) is 0.421. The minimum Gasteiger partial charge on any atom is -0.507 e. The van der Waals surface area contributed by atoms with Crippen LogP contribution in [-0.4, -0.2) is 58.7 Å². The van der Waals surface area contributed by atoms with Gasteiger partial charge in [0.05, 0.1) is 10.0 Å². The van der Waals surface area contributed by atoms with Crippen molar-refractivity contribution in [2.75, 3.05) is 32.0 Å². The van der Waals surface area contributed by atoms with E-state index in [0.717, 1.165) is 32.4 Å². The Kier molecular flexibility index (Phi) is 6.69. The molecule has 0 aliphatic carbocycles. The second-order valence-corrected chi connectivity index (χ2v) is 7.82. The number of rotatable bonds is 6. The molecular weight excluding hydrogens is 426 g/mol. The molecular formula is C19H24BrN5O3. The number of nitrogens with zero attached hydrogens (tertiary/aromatic N) is 2. The minimum absolute atomic E-state index is 0.126. The van der Waals surface area contributed by atoms with Crippen molar-refractivity contribution < 1.29 is 14.7 Å². The maximum atomic E-state index is 12.4. The number of carbonyl (C=O) groups is 2. The number of piperidine rings is 1. The normalized spacial score (nSPS) is 15.4. The summed E-state index contributed by atoms with van der Waals surface area (Å²) in [5.74, 6) is -0.0998. The van der Waals surface area contributed by atoms with Gasteiger partial charge in [-0.3, -0.25) is 14.7 Å². The summed E-state index contributed by atoms with van der Waals surface area (Å²) in [5, 5.41) is 21.9. The van der Waals surface area contributed by atoms with Gasteiger partial charge in [-0.25, -0.2) is 0 Å². The van der Waals surface area contributed by atoms with E-state index in [1.54, 1.807) is 12.1 Å². The molecule has 0 bridgehead atoms. The average Bonchev–Trinajstić information content (AvgIpc) is 3.04. The first-order valence-corrected chi connectivity index (χ1v) is 10.0. The lowest BCUT2D eigenvalue weighted by molar-refractivity contribution is 0.0942. The number of aromatic hydroxyl groups is 1. The number of likely N-dealkylation sites (tertiary alicyclic amines) is 1. The molecule has 9 heteroatoms. The number of benzene rings is 1. The number of amides is 2. The molecule has 0 radical (unpaired) electrons. The molecule has 1 aliphatic heterocycles. The van der Waals surface area contributed by atoms with E-state index in [9.17, 15) is 14.7 Å². The van der Waals surface area contributed by atoms with Crippen molar-refractivity contribution >= 4 is 33.6 Å². The van der Waals surface area contributed by atoms with E-state index < -0.39 is 5.91 Å². The van der Waals surface area contributed by atoms with Gasteiger partial charge < -0.3 is 20.6 Å². The molecule has 28 heavy (non-hydrogen) atoms. The molecule has 1 aromatic heterocycles. The smallest absolute Gasteiger partial charge is 0.270 e. The lowest BCUT2D eigenvalue weighted by Crippen LogP contribution is -2.32. The zero-order valence-corrected chi connectivity index (χ0v) is 17.3. The van der Waals surface area contributed by atoms with E-state index >= 15 is 0 Å². The Morgan fingerprint density at radius 3 is 2.71 bits per heavy atom. The van der Waals surface area contributed by atoms with Crippen molar-refractivity contribution in [3.05, 3.63) is 40.0 Å². The van der Waals surface area contributed by atoms with Crippen LogP contribution in [-0.2, 0) is 0 Å². The molecule has 2 amide bonds. The van der Waals surface area contributed by atoms with Crippen LogP contribution in [0.1, 0.15) is 40.1 Å². The molecule has 1 aliphatic rings. The summed E-state index contributed by atoms with van der Waals surface area (Å²) in [4.78, 5) is 27.0. The van der Waals surface area contributed by atoms with E-state index in [4.69, 9.17) is 0 Å². The Bertz CT molecular complexity index is 846. The second kappa shape index (κ2) is 9.20. The summed E-state index contributed by atoms with van der Waals surface area (Å²) in [6, 6.07) is 6.21. The van der Waals surface area contributed by atoms with Crippen molar-refractivity contribution in [2.45, 2.75) is 19.3 Å². The third-order valence-corrected chi connectivity index (χ3v) is 5.76. The van der Waals surface area contributed by atoms with E-state index in [1.807, 2.05) is 0 Å². The first kappa shape index (κ1) is 20.3. The number of phenols is 1. The highest BCUT2D eigenvalue weighted by Gasteiger charge is 2.21. The van der Waals surface area contributed by atoms with Crippen LogP contribution >= 0.6 is 15.9 Å². The highest BCUT2D eigenvalue weighted by atomic mass is 79.9. The molecule has 150 valence electrons. The molecule has 2 heterocycles. The van der Waals surface area contributed by atoms with E-state index in [2.05, 4.69) is 48.7 Å². The van der Waals surface area contributed by atoms with Crippen molar-refractivity contribution in [3.63, 3.8) is 0 Å². The van der Waals surface area contributed by atoms with Gasteiger partial charge in [-0.1, -0.05) is 12.1 Å². The number of nitrogens with one attached hydrogen (secondary N) is 3. The summed E-state index contributed by atoms with van der Waals surface area (Å²) in [5.41, 5.74) is 0.373. The van der Waals surface area contributed by atoms with Gasteiger partial charge in [-0.05, 0) is 73.4 Å². The third-order valence-electron chi connectivity index (χ3n) is 4.99. The number of carbonyl (C=O) groups excluding carboxylic acids is 2. The Labute approximate surface area is 171 Å². The highest BCUT2D eigenvalue weighted by molar-refractivity contribution is 9.10. The Hall–Kier alpha value is -2.39. The molecule has 4 N–H and O–H groups in total. The number of aromatic nitrogens is 2. The number of anilines is 1. The monoisotopic (exact) mass is 449 g/mol. The Morgan fingerprint density at radius 1 is 1.29 bits per heavy atom. The molecule has 3 rings (SSSR count). The van der Waals surface area contributed by atoms with Gasteiger partial charge in [0.25, 0.3) is 11.8 Å². The maximum absolute atomic E-state index is 12.4. The zero-order chi connectivity index (χ0) is 20.1. The van der Waals surface area contributed by atoms with Gasteiger partial charge in [-0.2, -0.15) is 5.10 Å². The highest BCUT2D eigenvalue weighted by Crippen LogP contribution is 2.25. The van der Waals surface area contributed by atoms with Crippen molar-refractivity contribution in [3.8, 4) is 5.75 Å². The van der Waals surface area contributed by atoms with Crippen molar-refractivity contribution in [1.29, 1.82) is 0 Å². The lowest BCUT2D eigenvalue weighted by Gasteiger charge is -2.28. The number of hydrogen-bond donors (Lipinski definition) is 4. The molecule has 0 unspecified atom stereocenters. The topological polar surface area (TPSA) is 110 Å². The van der Waals surface area contributed by atoms with Crippen LogP contribution < -0.4 is 10.6 Å². The van der Waals surface area contributed by atoms with Crippen LogP contribution in [0, 0.1) is 5.92 Å². The molecule has 1 fully saturated rings. The van der Waals surface area contributed by atoms with Gasteiger partial charge in [-0.15, -0.1) is 0 Å². The first-order chi connectivity index (χ1) is 13.5. The minimum atomic E-state index is -0.514. The summed E-state index contributed by atoms with van der Waals surface area (Å²) in [6.07, 6.45) is 3.26. The average molecular weight is 450 g/mol. The second-order valence-electron chi connectivity index (χ2n) is 7.02.